The first-order chi connectivity index (χ1) is 14.9. The van der Waals surface area contributed by atoms with Gasteiger partial charge in [0.1, 0.15) is 6.04 Å². The second-order valence-corrected chi connectivity index (χ2v) is 10.6. The molecule has 31 heavy (non-hydrogen) atoms. The Morgan fingerprint density at radius 2 is 1.71 bits per heavy atom. The zero-order valence-corrected chi connectivity index (χ0v) is 19.0. The zero-order chi connectivity index (χ0) is 21.8. The predicted molar refractivity (Wildman–Crippen MR) is 124 cm³/mol. The molecule has 0 radical (unpaired) electrons. The van der Waals surface area contributed by atoms with Gasteiger partial charge >= 0.3 is 6.03 Å². The van der Waals surface area contributed by atoms with Crippen LogP contribution in [0.5, 0.6) is 0 Å². The fraction of sp³-hybridized carbons (Fsp3) is 0.680. The molecule has 4 rings (SSSR count). The number of rotatable bonds is 6. The first kappa shape index (κ1) is 22.0. The van der Waals surface area contributed by atoms with E-state index in [1.165, 1.54) is 36.9 Å². The van der Waals surface area contributed by atoms with E-state index in [4.69, 9.17) is 0 Å². The number of carbonyl (C=O) groups is 2. The van der Waals surface area contributed by atoms with Crippen LogP contribution in [-0.4, -0.2) is 37.1 Å². The van der Waals surface area contributed by atoms with E-state index in [1.54, 1.807) is 0 Å². The Morgan fingerprint density at radius 3 is 2.32 bits per heavy atom. The number of anilines is 1. The monoisotopic (exact) mass is 426 g/mol. The highest BCUT2D eigenvalue weighted by atomic mass is 16.2. The van der Waals surface area contributed by atoms with Crippen LogP contribution >= 0.6 is 0 Å². The van der Waals surface area contributed by atoms with E-state index >= 15 is 0 Å². The van der Waals surface area contributed by atoms with E-state index < -0.39 is 6.04 Å². The van der Waals surface area contributed by atoms with Gasteiger partial charge in [-0.05, 0) is 86.3 Å². The maximum absolute atomic E-state index is 12.1. The van der Waals surface area contributed by atoms with Crippen molar-refractivity contribution in [1.82, 2.24) is 16.0 Å². The van der Waals surface area contributed by atoms with Crippen molar-refractivity contribution in [2.75, 3.05) is 18.4 Å². The largest absolute Gasteiger partial charge is 0.382 e. The molecule has 0 spiro atoms. The molecule has 170 valence electrons. The lowest BCUT2D eigenvalue weighted by Gasteiger charge is -2.34. The number of benzene rings is 1. The van der Waals surface area contributed by atoms with Gasteiger partial charge in [-0.25, -0.2) is 4.79 Å². The van der Waals surface area contributed by atoms with Crippen molar-refractivity contribution in [1.29, 1.82) is 0 Å². The second kappa shape index (κ2) is 9.49. The van der Waals surface area contributed by atoms with Gasteiger partial charge in [-0.15, -0.1) is 0 Å². The summed E-state index contributed by atoms with van der Waals surface area (Å²) in [6.07, 6.45) is 9.75. The van der Waals surface area contributed by atoms with Crippen LogP contribution in [0.4, 0.5) is 10.5 Å². The minimum absolute atomic E-state index is 0.0831. The molecule has 0 unspecified atom stereocenters. The third-order valence-electron chi connectivity index (χ3n) is 7.59. The summed E-state index contributed by atoms with van der Waals surface area (Å²) < 4.78 is 0. The minimum Gasteiger partial charge on any atom is -0.382 e. The summed E-state index contributed by atoms with van der Waals surface area (Å²) in [4.78, 5) is 23.3. The SMILES string of the molecule is CC1(C)CCC(c2ccc(NC3CCC(CNC(=O)[C@H]4CNC(=O)N4)CC3)cc2)CC1. The molecular weight excluding hydrogens is 388 g/mol. The van der Waals surface area contributed by atoms with Crippen molar-refractivity contribution in [2.45, 2.75) is 83.2 Å². The molecule has 3 aliphatic rings. The van der Waals surface area contributed by atoms with Crippen LogP contribution in [0.15, 0.2) is 24.3 Å². The van der Waals surface area contributed by atoms with E-state index in [2.05, 4.69) is 59.4 Å². The molecule has 4 N–H and O–H groups in total. The molecule has 1 saturated heterocycles. The third-order valence-corrected chi connectivity index (χ3v) is 7.59. The topological polar surface area (TPSA) is 82.3 Å². The first-order valence-corrected chi connectivity index (χ1v) is 12.1. The smallest absolute Gasteiger partial charge is 0.315 e. The maximum Gasteiger partial charge on any atom is 0.315 e. The average molecular weight is 427 g/mol. The van der Waals surface area contributed by atoms with Gasteiger partial charge in [0, 0.05) is 24.8 Å². The van der Waals surface area contributed by atoms with Crippen LogP contribution in [0.3, 0.4) is 0 Å². The maximum atomic E-state index is 12.1. The molecule has 0 bridgehead atoms. The molecule has 2 saturated carbocycles. The van der Waals surface area contributed by atoms with E-state index in [1.807, 2.05) is 0 Å². The fourth-order valence-electron chi connectivity index (χ4n) is 5.31. The molecule has 1 atom stereocenters. The summed E-state index contributed by atoms with van der Waals surface area (Å²) in [7, 11) is 0. The number of carbonyl (C=O) groups excluding carboxylic acids is 2. The molecule has 0 aromatic heterocycles. The Morgan fingerprint density at radius 1 is 1.03 bits per heavy atom. The standard InChI is InChI=1S/C25H38N4O2/c1-25(2)13-11-19(12-14-25)18-5-9-21(10-6-18)28-20-7-3-17(4-8-20)15-26-23(30)22-16-27-24(31)29-22/h5-6,9-10,17,19-20,22,28H,3-4,7-8,11-16H2,1-2H3,(H,26,30)(H2,27,29,31)/t17?,20?,22-/m1/s1. The van der Waals surface area contributed by atoms with Gasteiger partial charge < -0.3 is 21.3 Å². The summed E-state index contributed by atoms with van der Waals surface area (Å²) in [5.74, 6) is 1.16. The molecule has 1 aromatic rings. The highest BCUT2D eigenvalue weighted by Gasteiger charge is 2.29. The third kappa shape index (κ3) is 5.92. The normalized spacial score (nSPS) is 28.5. The molecule has 2 aliphatic carbocycles. The molecule has 1 aliphatic heterocycles. The highest BCUT2D eigenvalue weighted by molar-refractivity contribution is 5.90. The molecular formula is C25H38N4O2. The van der Waals surface area contributed by atoms with Crippen molar-refractivity contribution in [3.8, 4) is 0 Å². The average Bonchev–Trinajstić information content (AvgIpc) is 3.20. The molecule has 3 fully saturated rings. The van der Waals surface area contributed by atoms with E-state index in [0.717, 1.165) is 31.6 Å². The van der Waals surface area contributed by atoms with Gasteiger partial charge in [0.15, 0.2) is 0 Å². The Bertz CT molecular complexity index is 758. The van der Waals surface area contributed by atoms with Crippen LogP contribution in [0, 0.1) is 11.3 Å². The number of nitrogens with one attached hydrogen (secondary N) is 4. The number of urea groups is 1. The van der Waals surface area contributed by atoms with Crippen molar-refractivity contribution >= 4 is 17.6 Å². The fourth-order valence-corrected chi connectivity index (χ4v) is 5.31. The number of amides is 3. The van der Waals surface area contributed by atoms with Gasteiger partial charge in [-0.2, -0.15) is 0 Å². The molecule has 6 heteroatoms. The van der Waals surface area contributed by atoms with Crippen LogP contribution in [0.25, 0.3) is 0 Å². The Kier molecular flexibility index (Phi) is 6.73. The van der Waals surface area contributed by atoms with Gasteiger partial charge in [0.05, 0.1) is 0 Å². The van der Waals surface area contributed by atoms with Gasteiger partial charge in [-0.1, -0.05) is 26.0 Å². The summed E-state index contributed by atoms with van der Waals surface area (Å²) >= 11 is 0. The van der Waals surface area contributed by atoms with Crippen LogP contribution < -0.4 is 21.3 Å². The number of hydrogen-bond acceptors (Lipinski definition) is 3. The second-order valence-electron chi connectivity index (χ2n) is 10.6. The Balaban J connectivity index is 1.17. The molecule has 1 heterocycles. The predicted octanol–water partition coefficient (Wildman–Crippen LogP) is 4.14. The van der Waals surface area contributed by atoms with Crippen LogP contribution in [-0.2, 0) is 4.79 Å². The summed E-state index contributed by atoms with van der Waals surface area (Å²) in [6, 6.07) is 8.96. The van der Waals surface area contributed by atoms with E-state index in [0.29, 0.717) is 30.5 Å². The quantitative estimate of drug-likeness (QED) is 0.552. The van der Waals surface area contributed by atoms with Crippen molar-refractivity contribution in [3.63, 3.8) is 0 Å². The van der Waals surface area contributed by atoms with Gasteiger partial charge in [0.25, 0.3) is 0 Å². The first-order valence-electron chi connectivity index (χ1n) is 12.1. The Hall–Kier alpha value is -2.24. The zero-order valence-electron chi connectivity index (χ0n) is 19.0. The summed E-state index contributed by atoms with van der Waals surface area (Å²) in [5, 5.41) is 12.0. The summed E-state index contributed by atoms with van der Waals surface area (Å²) in [5.41, 5.74) is 3.23. The van der Waals surface area contributed by atoms with E-state index in [9.17, 15) is 9.59 Å². The van der Waals surface area contributed by atoms with Crippen molar-refractivity contribution < 1.29 is 9.59 Å². The van der Waals surface area contributed by atoms with Crippen molar-refractivity contribution in [2.24, 2.45) is 11.3 Å². The van der Waals surface area contributed by atoms with E-state index in [-0.39, 0.29) is 11.9 Å². The lowest BCUT2D eigenvalue weighted by Crippen LogP contribution is -2.45. The van der Waals surface area contributed by atoms with Gasteiger partial charge in [-0.3, -0.25) is 4.79 Å². The highest BCUT2D eigenvalue weighted by Crippen LogP contribution is 2.42. The van der Waals surface area contributed by atoms with Crippen LogP contribution in [0.2, 0.25) is 0 Å². The lowest BCUT2D eigenvalue weighted by molar-refractivity contribution is -0.122. The lowest BCUT2D eigenvalue weighted by atomic mass is 9.71. The van der Waals surface area contributed by atoms with Crippen LogP contribution in [0.1, 0.15) is 76.7 Å². The van der Waals surface area contributed by atoms with Gasteiger partial charge in [0.2, 0.25) is 5.91 Å². The Labute approximate surface area is 186 Å². The minimum atomic E-state index is -0.437. The molecule has 6 nitrogen and oxygen atoms in total. The molecule has 1 aromatic carbocycles. The number of hydrogen-bond donors (Lipinski definition) is 4. The molecule has 3 amide bonds. The summed E-state index contributed by atoms with van der Waals surface area (Å²) in [6.45, 7) is 5.86. The van der Waals surface area contributed by atoms with Crippen molar-refractivity contribution in [3.05, 3.63) is 29.8 Å².